The molecule has 3 aliphatic rings. The Morgan fingerprint density at radius 2 is 1.74 bits per heavy atom. The number of aliphatic imine (C=N–C) groups is 1. The zero-order valence-corrected chi connectivity index (χ0v) is 23.6. The molecule has 1 aromatic carbocycles. The summed E-state index contributed by atoms with van der Waals surface area (Å²) in [6, 6.07) is 13.2. The number of likely N-dealkylation sites (tertiary alicyclic amines) is 1. The molecule has 5 rings (SSSR count). The number of hydrogen-bond acceptors (Lipinski definition) is 9. The molecule has 39 heavy (non-hydrogen) atoms. The van der Waals surface area contributed by atoms with Gasteiger partial charge in [-0.05, 0) is 43.5 Å². The molecule has 1 saturated heterocycles. The average molecular weight is 566 g/mol. The van der Waals surface area contributed by atoms with Crippen LogP contribution in [0.2, 0.25) is 0 Å². The number of rotatable bonds is 8. The Morgan fingerprint density at radius 3 is 2.41 bits per heavy atom. The second-order valence-corrected chi connectivity index (χ2v) is 11.2. The van der Waals surface area contributed by atoms with Crippen molar-refractivity contribution in [1.82, 2.24) is 9.80 Å². The smallest absolute Gasteiger partial charge is 0.338 e. The van der Waals surface area contributed by atoms with Crippen molar-refractivity contribution in [2.24, 2.45) is 10.9 Å². The number of thiophene rings is 1. The number of piperidine rings is 1. The molecule has 0 unspecified atom stereocenters. The third kappa shape index (κ3) is 5.67. The molecular weight excluding hydrogens is 534 g/mol. The van der Waals surface area contributed by atoms with Gasteiger partial charge in [-0.15, -0.1) is 11.3 Å². The zero-order valence-electron chi connectivity index (χ0n) is 22.0. The molecule has 2 aromatic rings. The van der Waals surface area contributed by atoms with Gasteiger partial charge in [-0.25, -0.2) is 9.79 Å². The SMILES string of the molecule is CCOC(=O)C1=C(c2ccccc2)N=C2SC=C(CC(=O)N3CCC(C(=O)OCC)CC3)N2[C@H]1c1cccs1. The number of esters is 2. The molecule has 1 amide bonds. The molecule has 0 aliphatic carbocycles. The average Bonchev–Trinajstić information content (AvgIpc) is 3.63. The second kappa shape index (κ2) is 12.2. The summed E-state index contributed by atoms with van der Waals surface area (Å²) in [7, 11) is 0. The normalized spacial score (nSPS) is 19.4. The van der Waals surface area contributed by atoms with Gasteiger partial charge in [0.25, 0.3) is 0 Å². The molecule has 3 aliphatic heterocycles. The first kappa shape index (κ1) is 27.2. The highest BCUT2D eigenvalue weighted by Gasteiger charge is 2.43. The summed E-state index contributed by atoms with van der Waals surface area (Å²) >= 11 is 3.02. The van der Waals surface area contributed by atoms with Crippen LogP contribution in [-0.4, -0.2) is 59.1 Å². The molecule has 4 heterocycles. The summed E-state index contributed by atoms with van der Waals surface area (Å²) in [5.41, 5.74) is 2.69. The van der Waals surface area contributed by atoms with Crippen molar-refractivity contribution in [3.63, 3.8) is 0 Å². The number of thioether (sulfide) groups is 1. The van der Waals surface area contributed by atoms with Crippen LogP contribution in [-0.2, 0) is 23.9 Å². The van der Waals surface area contributed by atoms with Crippen molar-refractivity contribution in [3.8, 4) is 0 Å². The summed E-state index contributed by atoms with van der Waals surface area (Å²) in [5.74, 6) is -0.764. The van der Waals surface area contributed by atoms with E-state index in [2.05, 4.69) is 0 Å². The van der Waals surface area contributed by atoms with Crippen molar-refractivity contribution in [1.29, 1.82) is 0 Å². The highest BCUT2D eigenvalue weighted by Crippen LogP contribution is 2.48. The lowest BCUT2D eigenvalue weighted by molar-refractivity contribution is -0.151. The minimum Gasteiger partial charge on any atom is -0.466 e. The summed E-state index contributed by atoms with van der Waals surface area (Å²) in [6.07, 6.45) is 1.38. The molecule has 0 saturated carbocycles. The van der Waals surface area contributed by atoms with Gasteiger partial charge in [-0.3, -0.25) is 9.59 Å². The first-order valence-electron chi connectivity index (χ1n) is 13.2. The highest BCUT2D eigenvalue weighted by molar-refractivity contribution is 8.16. The Labute approximate surface area is 236 Å². The maximum Gasteiger partial charge on any atom is 0.338 e. The summed E-state index contributed by atoms with van der Waals surface area (Å²) in [6.45, 7) is 5.24. The zero-order chi connectivity index (χ0) is 27.4. The third-order valence-electron chi connectivity index (χ3n) is 6.97. The molecular formula is C29H31N3O5S2. The van der Waals surface area contributed by atoms with Gasteiger partial charge >= 0.3 is 11.9 Å². The van der Waals surface area contributed by atoms with E-state index in [0.717, 1.165) is 21.3 Å². The minimum absolute atomic E-state index is 0.00846. The van der Waals surface area contributed by atoms with E-state index in [1.165, 1.54) is 11.8 Å². The van der Waals surface area contributed by atoms with E-state index in [-0.39, 0.29) is 30.8 Å². The maximum atomic E-state index is 13.5. The molecule has 8 nitrogen and oxygen atoms in total. The first-order valence-corrected chi connectivity index (χ1v) is 15.0. The molecule has 0 bridgehead atoms. The number of amides is 1. The fourth-order valence-corrected chi connectivity index (χ4v) is 6.84. The fourth-order valence-electron chi connectivity index (χ4n) is 5.10. The topological polar surface area (TPSA) is 88.5 Å². The van der Waals surface area contributed by atoms with E-state index in [4.69, 9.17) is 14.5 Å². The molecule has 1 atom stereocenters. The fraction of sp³-hybridized carbons (Fsp3) is 0.379. The van der Waals surface area contributed by atoms with Crippen molar-refractivity contribution in [3.05, 3.63) is 75.0 Å². The van der Waals surface area contributed by atoms with Gasteiger partial charge in [0, 0.05) is 29.2 Å². The number of ether oxygens (including phenoxy) is 2. The van der Waals surface area contributed by atoms with Crippen LogP contribution in [0.3, 0.4) is 0 Å². The van der Waals surface area contributed by atoms with E-state index in [0.29, 0.717) is 43.8 Å². The molecule has 1 aromatic heterocycles. The lowest BCUT2D eigenvalue weighted by Crippen LogP contribution is -2.42. The van der Waals surface area contributed by atoms with Crippen LogP contribution >= 0.6 is 23.1 Å². The molecule has 204 valence electrons. The number of amidine groups is 1. The minimum atomic E-state index is -0.463. The third-order valence-corrected chi connectivity index (χ3v) is 8.78. The Bertz CT molecular complexity index is 1310. The summed E-state index contributed by atoms with van der Waals surface area (Å²) in [4.78, 5) is 48.7. The maximum absolute atomic E-state index is 13.5. The molecule has 1 fully saturated rings. The van der Waals surface area contributed by atoms with Crippen LogP contribution in [0.4, 0.5) is 0 Å². The van der Waals surface area contributed by atoms with Gasteiger partial charge < -0.3 is 19.3 Å². The van der Waals surface area contributed by atoms with Gasteiger partial charge in [0.2, 0.25) is 5.91 Å². The first-order chi connectivity index (χ1) is 19.0. The van der Waals surface area contributed by atoms with Crippen LogP contribution in [0.1, 0.15) is 49.6 Å². The lowest BCUT2D eigenvalue weighted by atomic mass is 9.95. The summed E-state index contributed by atoms with van der Waals surface area (Å²) < 4.78 is 10.7. The second-order valence-electron chi connectivity index (χ2n) is 9.34. The van der Waals surface area contributed by atoms with Crippen LogP contribution < -0.4 is 0 Å². The number of benzene rings is 1. The van der Waals surface area contributed by atoms with E-state index in [1.54, 1.807) is 25.2 Å². The molecule has 0 spiro atoms. The standard InChI is InChI=1S/C29H31N3O5S2/c1-3-36-27(34)20-12-14-31(15-13-20)23(33)17-21-18-39-29-30-25(19-9-6-5-7-10-19)24(28(35)37-4-2)26(32(21)29)22-11-8-16-38-22/h5-11,16,18,20,26H,3-4,12-15,17H2,1-2H3/t26-/m0/s1. The predicted molar refractivity (Wildman–Crippen MR) is 153 cm³/mol. The van der Waals surface area contributed by atoms with E-state index in [9.17, 15) is 14.4 Å². The Hall–Kier alpha value is -3.37. The van der Waals surface area contributed by atoms with Gasteiger partial charge in [0.1, 0.15) is 6.04 Å². The van der Waals surface area contributed by atoms with Crippen LogP contribution in [0.5, 0.6) is 0 Å². The molecule has 0 N–H and O–H groups in total. The number of carbonyl (C=O) groups is 3. The summed E-state index contributed by atoms with van der Waals surface area (Å²) in [5, 5.41) is 4.67. The van der Waals surface area contributed by atoms with E-state index in [1.807, 2.05) is 63.1 Å². The Kier molecular flexibility index (Phi) is 8.52. The van der Waals surface area contributed by atoms with Crippen molar-refractivity contribution >= 4 is 51.8 Å². The van der Waals surface area contributed by atoms with E-state index >= 15 is 0 Å². The predicted octanol–water partition coefficient (Wildman–Crippen LogP) is 5.22. The van der Waals surface area contributed by atoms with Crippen molar-refractivity contribution in [2.75, 3.05) is 26.3 Å². The van der Waals surface area contributed by atoms with Crippen LogP contribution in [0.25, 0.3) is 5.70 Å². The van der Waals surface area contributed by atoms with Crippen LogP contribution in [0.15, 0.2) is 69.5 Å². The number of fused-ring (bicyclic) bond motifs is 1. The van der Waals surface area contributed by atoms with Gasteiger partial charge in [0.05, 0.1) is 36.8 Å². The molecule has 10 heteroatoms. The number of carbonyl (C=O) groups excluding carboxylic acids is 3. The van der Waals surface area contributed by atoms with Gasteiger partial charge in [-0.2, -0.15) is 0 Å². The lowest BCUT2D eigenvalue weighted by Gasteiger charge is -2.37. The monoisotopic (exact) mass is 565 g/mol. The Morgan fingerprint density at radius 1 is 1.00 bits per heavy atom. The Balaban J connectivity index is 1.43. The van der Waals surface area contributed by atoms with Crippen molar-refractivity contribution < 1.29 is 23.9 Å². The van der Waals surface area contributed by atoms with E-state index < -0.39 is 12.0 Å². The molecule has 0 radical (unpaired) electrons. The highest BCUT2D eigenvalue weighted by atomic mass is 32.2. The van der Waals surface area contributed by atoms with Crippen LogP contribution in [0, 0.1) is 5.92 Å². The number of nitrogens with zero attached hydrogens (tertiary/aromatic N) is 3. The number of hydrogen-bond donors (Lipinski definition) is 0. The quantitative estimate of drug-likeness (QED) is 0.406. The van der Waals surface area contributed by atoms with Gasteiger partial charge in [0.15, 0.2) is 5.17 Å². The van der Waals surface area contributed by atoms with Gasteiger partial charge in [-0.1, -0.05) is 48.2 Å². The van der Waals surface area contributed by atoms with Crippen molar-refractivity contribution in [2.45, 2.75) is 39.2 Å². The largest absolute Gasteiger partial charge is 0.466 e.